The number of thioether (sulfide) groups is 1. The molecule has 1 aliphatic heterocycles. The Morgan fingerprint density at radius 1 is 1.12 bits per heavy atom. The molecule has 2 aromatic rings. The van der Waals surface area contributed by atoms with Crippen LogP contribution in [0.1, 0.15) is 15.9 Å². The molecule has 0 radical (unpaired) electrons. The summed E-state index contributed by atoms with van der Waals surface area (Å²) in [5.74, 6) is -1.24. The van der Waals surface area contributed by atoms with E-state index in [0.29, 0.717) is 15.8 Å². The summed E-state index contributed by atoms with van der Waals surface area (Å²) in [6, 6.07) is 16.0. The molecule has 0 atom stereocenters. The van der Waals surface area contributed by atoms with E-state index < -0.39 is 5.97 Å². The number of carbonyl (C=O) groups is 2. The van der Waals surface area contributed by atoms with Crippen LogP contribution in [0, 0.1) is 0 Å². The lowest BCUT2D eigenvalue weighted by atomic mass is 10.2. The lowest BCUT2D eigenvalue weighted by molar-refractivity contribution is -0.115. The molecular formula is C19H14N2O3S. The fourth-order valence-corrected chi connectivity index (χ4v) is 2.93. The van der Waals surface area contributed by atoms with Crippen molar-refractivity contribution < 1.29 is 14.7 Å². The van der Waals surface area contributed by atoms with Gasteiger partial charge in [0.05, 0.1) is 16.2 Å². The fraction of sp³-hybridized carbons (Fsp3) is 0. The Hall–Kier alpha value is -3.12. The molecule has 3 rings (SSSR count). The van der Waals surface area contributed by atoms with Crippen LogP contribution in [-0.4, -0.2) is 22.2 Å². The molecule has 0 aliphatic carbocycles. The summed E-state index contributed by atoms with van der Waals surface area (Å²) in [5.41, 5.74) is 1.67. The van der Waals surface area contributed by atoms with Crippen LogP contribution in [0.4, 0.5) is 5.69 Å². The highest BCUT2D eigenvalue weighted by Crippen LogP contribution is 2.26. The van der Waals surface area contributed by atoms with E-state index in [9.17, 15) is 9.59 Å². The first-order valence-electron chi connectivity index (χ1n) is 7.46. The van der Waals surface area contributed by atoms with Crippen molar-refractivity contribution in [2.24, 2.45) is 4.99 Å². The molecule has 0 bridgehead atoms. The fourth-order valence-electron chi connectivity index (χ4n) is 2.13. The van der Waals surface area contributed by atoms with Crippen LogP contribution in [0.2, 0.25) is 0 Å². The number of hydrogen-bond acceptors (Lipinski definition) is 4. The highest BCUT2D eigenvalue weighted by molar-refractivity contribution is 8.18. The second kappa shape index (κ2) is 7.63. The van der Waals surface area contributed by atoms with E-state index in [2.05, 4.69) is 10.3 Å². The van der Waals surface area contributed by atoms with Crippen molar-refractivity contribution in [1.29, 1.82) is 0 Å². The zero-order valence-electron chi connectivity index (χ0n) is 13.0. The molecule has 124 valence electrons. The summed E-state index contributed by atoms with van der Waals surface area (Å²) in [4.78, 5) is 27.8. The van der Waals surface area contributed by atoms with Gasteiger partial charge in [-0.3, -0.25) is 4.79 Å². The molecule has 5 nitrogen and oxygen atoms in total. The van der Waals surface area contributed by atoms with E-state index in [1.807, 2.05) is 42.5 Å². The number of hydrogen-bond donors (Lipinski definition) is 2. The zero-order valence-corrected chi connectivity index (χ0v) is 13.9. The zero-order chi connectivity index (χ0) is 17.6. The monoisotopic (exact) mass is 350 g/mol. The third kappa shape index (κ3) is 4.45. The number of rotatable bonds is 4. The largest absolute Gasteiger partial charge is 0.478 e. The Morgan fingerprint density at radius 3 is 2.68 bits per heavy atom. The smallest absolute Gasteiger partial charge is 0.335 e. The maximum absolute atomic E-state index is 12.0. The number of allylic oxidation sites excluding steroid dienone is 2. The van der Waals surface area contributed by atoms with E-state index in [1.54, 1.807) is 18.2 Å². The number of carbonyl (C=O) groups excluding carboxylic acids is 1. The van der Waals surface area contributed by atoms with Crippen LogP contribution in [-0.2, 0) is 4.79 Å². The van der Waals surface area contributed by atoms with Crippen LogP contribution in [0.5, 0.6) is 0 Å². The molecule has 25 heavy (non-hydrogen) atoms. The Balaban J connectivity index is 1.74. The summed E-state index contributed by atoms with van der Waals surface area (Å²) in [5, 5.41) is 12.1. The Labute approximate surface area is 148 Å². The van der Waals surface area contributed by atoms with Crippen molar-refractivity contribution in [3.05, 3.63) is 82.8 Å². The van der Waals surface area contributed by atoms with Gasteiger partial charge in [-0.1, -0.05) is 48.6 Å². The van der Waals surface area contributed by atoms with Gasteiger partial charge in [-0.15, -0.1) is 0 Å². The molecular weight excluding hydrogens is 336 g/mol. The number of benzene rings is 2. The molecule has 2 N–H and O–H groups in total. The van der Waals surface area contributed by atoms with Gasteiger partial charge in [-0.05, 0) is 41.6 Å². The van der Waals surface area contributed by atoms with Gasteiger partial charge in [-0.25, -0.2) is 9.79 Å². The van der Waals surface area contributed by atoms with Gasteiger partial charge >= 0.3 is 5.97 Å². The van der Waals surface area contributed by atoms with Crippen LogP contribution in [0.25, 0.3) is 6.08 Å². The number of nitrogens with zero attached hydrogens (tertiary/aromatic N) is 1. The summed E-state index contributed by atoms with van der Waals surface area (Å²) in [6.07, 6.45) is 5.45. The molecule has 1 amide bonds. The predicted molar refractivity (Wildman–Crippen MR) is 99.8 cm³/mol. The van der Waals surface area contributed by atoms with Crippen molar-refractivity contribution in [3.63, 3.8) is 0 Å². The molecule has 6 heteroatoms. The minimum atomic E-state index is -1.02. The number of aromatic carboxylic acids is 1. The van der Waals surface area contributed by atoms with Gasteiger partial charge < -0.3 is 10.4 Å². The van der Waals surface area contributed by atoms with Crippen molar-refractivity contribution in [2.45, 2.75) is 0 Å². The molecule has 2 aromatic carbocycles. The molecule has 1 fully saturated rings. The highest BCUT2D eigenvalue weighted by Gasteiger charge is 2.23. The Kier molecular flexibility index (Phi) is 5.11. The van der Waals surface area contributed by atoms with Crippen LogP contribution in [0.15, 0.2) is 76.6 Å². The predicted octanol–water partition coefficient (Wildman–Crippen LogP) is 3.83. The lowest BCUT2D eigenvalue weighted by Gasteiger charge is -1.98. The minimum Gasteiger partial charge on any atom is -0.478 e. The Morgan fingerprint density at radius 2 is 1.92 bits per heavy atom. The molecule has 1 aliphatic rings. The summed E-state index contributed by atoms with van der Waals surface area (Å²) >= 11 is 1.21. The first-order valence-corrected chi connectivity index (χ1v) is 8.28. The summed E-state index contributed by atoms with van der Waals surface area (Å²) < 4.78 is 0. The SMILES string of the molecule is O=C1NC(=Nc2cccc(C(=O)O)c2)SC1=CC=Cc1ccccc1. The van der Waals surface area contributed by atoms with Crippen LogP contribution in [0.3, 0.4) is 0 Å². The summed E-state index contributed by atoms with van der Waals surface area (Å²) in [7, 11) is 0. The van der Waals surface area contributed by atoms with Gasteiger partial charge in [-0.2, -0.15) is 0 Å². The second-order valence-electron chi connectivity index (χ2n) is 5.13. The van der Waals surface area contributed by atoms with Gasteiger partial charge in [0.25, 0.3) is 5.91 Å². The number of amidine groups is 1. The number of nitrogens with one attached hydrogen (secondary N) is 1. The van der Waals surface area contributed by atoms with E-state index in [4.69, 9.17) is 5.11 Å². The van der Waals surface area contributed by atoms with Crippen molar-refractivity contribution in [1.82, 2.24) is 5.32 Å². The molecule has 0 saturated carbocycles. The number of carboxylic acids is 1. The third-order valence-electron chi connectivity index (χ3n) is 3.31. The van der Waals surface area contributed by atoms with Gasteiger partial charge in [0.15, 0.2) is 5.17 Å². The van der Waals surface area contributed by atoms with E-state index in [1.165, 1.54) is 23.9 Å². The lowest BCUT2D eigenvalue weighted by Crippen LogP contribution is -2.19. The first kappa shape index (κ1) is 16.7. The second-order valence-corrected chi connectivity index (χ2v) is 6.16. The average molecular weight is 350 g/mol. The van der Waals surface area contributed by atoms with Gasteiger partial charge in [0.1, 0.15) is 0 Å². The van der Waals surface area contributed by atoms with E-state index >= 15 is 0 Å². The molecule has 1 heterocycles. The van der Waals surface area contributed by atoms with Crippen LogP contribution < -0.4 is 5.32 Å². The van der Waals surface area contributed by atoms with Gasteiger partial charge in [0.2, 0.25) is 0 Å². The maximum atomic E-state index is 12.0. The topological polar surface area (TPSA) is 78.8 Å². The normalized spacial score (nSPS) is 17.4. The van der Waals surface area contributed by atoms with E-state index in [0.717, 1.165) is 5.56 Å². The van der Waals surface area contributed by atoms with E-state index in [-0.39, 0.29) is 11.5 Å². The standard InChI is InChI=1S/C19H14N2O3S/c22-17-16(11-4-8-13-6-2-1-3-7-13)25-19(21-17)20-15-10-5-9-14(12-15)18(23)24/h1-12H,(H,23,24)(H,20,21,22). The molecule has 0 aromatic heterocycles. The van der Waals surface area contributed by atoms with Crippen molar-refractivity contribution in [3.8, 4) is 0 Å². The van der Waals surface area contributed by atoms with Crippen LogP contribution >= 0.6 is 11.8 Å². The number of carboxylic acid groups (broad SMARTS) is 1. The quantitative estimate of drug-likeness (QED) is 0.822. The summed E-state index contributed by atoms with van der Waals surface area (Å²) in [6.45, 7) is 0. The molecule has 0 unspecified atom stereocenters. The average Bonchev–Trinajstić information content (AvgIpc) is 2.95. The minimum absolute atomic E-state index is 0.151. The number of aliphatic imine (C=N–C) groups is 1. The number of amides is 1. The Bertz CT molecular complexity index is 902. The van der Waals surface area contributed by atoms with Crippen molar-refractivity contribution in [2.75, 3.05) is 0 Å². The first-order chi connectivity index (χ1) is 12.1. The third-order valence-corrected chi connectivity index (χ3v) is 4.24. The molecule has 1 saturated heterocycles. The molecule has 0 spiro atoms. The highest BCUT2D eigenvalue weighted by atomic mass is 32.2. The maximum Gasteiger partial charge on any atom is 0.335 e. The van der Waals surface area contributed by atoms with Crippen molar-refractivity contribution >= 4 is 40.6 Å². The van der Waals surface area contributed by atoms with Gasteiger partial charge in [0, 0.05) is 0 Å².